The van der Waals surface area contributed by atoms with E-state index in [0.717, 1.165) is 12.0 Å². The van der Waals surface area contributed by atoms with Gasteiger partial charge in [0.1, 0.15) is 0 Å². The van der Waals surface area contributed by atoms with Crippen LogP contribution >= 0.6 is 0 Å². The summed E-state index contributed by atoms with van der Waals surface area (Å²) in [5, 5.41) is 0. The molecule has 0 amide bonds. The van der Waals surface area contributed by atoms with Gasteiger partial charge in [0.05, 0.1) is 7.11 Å². The first-order valence-electron chi connectivity index (χ1n) is 4.62. The number of hydrogen-bond acceptors (Lipinski definition) is 2. The molecule has 0 aliphatic heterocycles. The van der Waals surface area contributed by atoms with Gasteiger partial charge in [-0.2, -0.15) is 0 Å². The Morgan fingerprint density at radius 2 is 2.14 bits per heavy atom. The van der Waals surface area contributed by atoms with Crippen molar-refractivity contribution in [3.8, 4) is 0 Å². The Labute approximate surface area is 84.2 Å². The summed E-state index contributed by atoms with van der Waals surface area (Å²) in [5.41, 5.74) is 2.30. The van der Waals surface area contributed by atoms with Crippen molar-refractivity contribution in [3.05, 3.63) is 41.5 Å². The molecule has 1 aromatic carbocycles. The third-order valence-corrected chi connectivity index (χ3v) is 2.04. The van der Waals surface area contributed by atoms with Crippen LogP contribution in [0, 0.1) is 0 Å². The van der Waals surface area contributed by atoms with Gasteiger partial charge in [0.15, 0.2) is 0 Å². The van der Waals surface area contributed by atoms with E-state index in [1.807, 2.05) is 18.2 Å². The summed E-state index contributed by atoms with van der Waals surface area (Å²) in [6.07, 6.45) is 4.18. The molecule has 2 nitrogen and oxygen atoms in total. The summed E-state index contributed by atoms with van der Waals surface area (Å²) in [6.45, 7) is 2.09. The van der Waals surface area contributed by atoms with Crippen LogP contribution in [-0.4, -0.2) is 13.1 Å². The minimum absolute atomic E-state index is 0.323. The fourth-order valence-electron chi connectivity index (χ4n) is 1.24. The van der Waals surface area contributed by atoms with Crippen LogP contribution in [0.25, 0.3) is 6.08 Å². The van der Waals surface area contributed by atoms with Crippen LogP contribution in [0.3, 0.4) is 0 Å². The van der Waals surface area contributed by atoms with Gasteiger partial charge < -0.3 is 4.74 Å². The second kappa shape index (κ2) is 5.22. The Balaban J connectivity index is 2.85. The molecule has 0 atom stereocenters. The van der Waals surface area contributed by atoms with Crippen molar-refractivity contribution < 1.29 is 9.53 Å². The average Bonchev–Trinajstić information content (AvgIpc) is 2.26. The first-order valence-corrected chi connectivity index (χ1v) is 4.62. The number of methoxy groups -OCH3 is 1. The van der Waals surface area contributed by atoms with Gasteiger partial charge in [-0.3, -0.25) is 0 Å². The van der Waals surface area contributed by atoms with Crippen LogP contribution < -0.4 is 0 Å². The molecular weight excluding hydrogens is 176 g/mol. The summed E-state index contributed by atoms with van der Waals surface area (Å²) >= 11 is 0. The summed E-state index contributed by atoms with van der Waals surface area (Å²) < 4.78 is 4.52. The molecule has 0 spiro atoms. The van der Waals surface area contributed by atoms with Gasteiger partial charge >= 0.3 is 5.97 Å². The molecule has 0 saturated heterocycles. The van der Waals surface area contributed by atoms with Crippen LogP contribution in [0.15, 0.2) is 30.3 Å². The minimum Gasteiger partial charge on any atom is -0.466 e. The molecule has 0 heterocycles. The van der Waals surface area contributed by atoms with E-state index in [1.54, 1.807) is 6.08 Å². The van der Waals surface area contributed by atoms with Crippen LogP contribution in [0.4, 0.5) is 0 Å². The molecule has 1 rings (SSSR count). The van der Waals surface area contributed by atoms with Gasteiger partial charge in [-0.15, -0.1) is 0 Å². The number of ether oxygens (including phenoxy) is 1. The Hall–Kier alpha value is -1.57. The zero-order valence-corrected chi connectivity index (χ0v) is 8.49. The summed E-state index contributed by atoms with van der Waals surface area (Å²) in [7, 11) is 1.37. The molecule has 0 bridgehead atoms. The minimum atomic E-state index is -0.323. The number of esters is 1. The standard InChI is InChI=1S/C12H14O2/c1-3-10-6-4-5-7-11(10)8-9-12(13)14-2/h4-9H,3H2,1-2H3. The molecule has 1 aromatic rings. The molecule has 0 aliphatic carbocycles. The lowest BCUT2D eigenvalue weighted by Gasteiger charge is -2.01. The molecule has 14 heavy (non-hydrogen) atoms. The van der Waals surface area contributed by atoms with E-state index in [9.17, 15) is 4.79 Å². The lowest BCUT2D eigenvalue weighted by atomic mass is 10.1. The lowest BCUT2D eigenvalue weighted by Crippen LogP contribution is -1.94. The fraction of sp³-hybridized carbons (Fsp3) is 0.250. The van der Waals surface area contributed by atoms with E-state index in [4.69, 9.17) is 0 Å². The first kappa shape index (κ1) is 10.5. The topological polar surface area (TPSA) is 26.3 Å². The van der Waals surface area contributed by atoms with Crippen LogP contribution in [-0.2, 0) is 16.0 Å². The molecule has 0 aromatic heterocycles. The van der Waals surface area contributed by atoms with Crippen molar-refractivity contribution >= 4 is 12.0 Å². The van der Waals surface area contributed by atoms with E-state index >= 15 is 0 Å². The SMILES string of the molecule is CCc1ccccc1C=CC(=O)OC. The van der Waals surface area contributed by atoms with Crippen molar-refractivity contribution in [1.82, 2.24) is 0 Å². The molecule has 2 heteroatoms. The number of hydrogen-bond donors (Lipinski definition) is 0. The fourth-order valence-corrected chi connectivity index (χ4v) is 1.24. The Morgan fingerprint density at radius 1 is 1.43 bits per heavy atom. The summed E-state index contributed by atoms with van der Waals surface area (Å²) in [6, 6.07) is 7.99. The number of carbonyl (C=O) groups is 1. The second-order valence-electron chi connectivity index (χ2n) is 2.91. The zero-order valence-electron chi connectivity index (χ0n) is 8.49. The highest BCUT2D eigenvalue weighted by Gasteiger charge is 1.96. The highest BCUT2D eigenvalue weighted by atomic mass is 16.5. The number of benzene rings is 1. The quantitative estimate of drug-likeness (QED) is 0.540. The maximum Gasteiger partial charge on any atom is 0.330 e. The third-order valence-electron chi connectivity index (χ3n) is 2.04. The van der Waals surface area contributed by atoms with Crippen molar-refractivity contribution in [2.24, 2.45) is 0 Å². The van der Waals surface area contributed by atoms with E-state index in [-0.39, 0.29) is 5.97 Å². The monoisotopic (exact) mass is 190 g/mol. The molecule has 0 fully saturated rings. The molecule has 74 valence electrons. The third kappa shape index (κ3) is 2.73. The van der Waals surface area contributed by atoms with Gasteiger partial charge in [0.2, 0.25) is 0 Å². The average molecular weight is 190 g/mol. The van der Waals surface area contributed by atoms with Crippen LogP contribution in [0.5, 0.6) is 0 Å². The lowest BCUT2D eigenvalue weighted by molar-refractivity contribution is -0.134. The van der Waals surface area contributed by atoms with E-state index in [2.05, 4.69) is 17.7 Å². The Kier molecular flexibility index (Phi) is 3.92. The largest absolute Gasteiger partial charge is 0.466 e. The van der Waals surface area contributed by atoms with Crippen LogP contribution in [0.2, 0.25) is 0 Å². The van der Waals surface area contributed by atoms with Gasteiger partial charge in [-0.1, -0.05) is 31.2 Å². The van der Waals surface area contributed by atoms with Gasteiger partial charge in [-0.25, -0.2) is 4.79 Å². The van der Waals surface area contributed by atoms with Crippen molar-refractivity contribution in [2.45, 2.75) is 13.3 Å². The normalized spacial score (nSPS) is 10.4. The predicted octanol–water partition coefficient (Wildman–Crippen LogP) is 2.44. The highest BCUT2D eigenvalue weighted by Crippen LogP contribution is 2.10. The second-order valence-corrected chi connectivity index (χ2v) is 2.91. The molecular formula is C12H14O2. The van der Waals surface area contributed by atoms with E-state index in [0.29, 0.717) is 0 Å². The van der Waals surface area contributed by atoms with E-state index in [1.165, 1.54) is 18.7 Å². The summed E-state index contributed by atoms with van der Waals surface area (Å²) in [5.74, 6) is -0.323. The Morgan fingerprint density at radius 3 is 2.79 bits per heavy atom. The molecule has 0 unspecified atom stereocenters. The van der Waals surface area contributed by atoms with Crippen molar-refractivity contribution in [2.75, 3.05) is 7.11 Å². The Bertz CT molecular complexity index is 340. The highest BCUT2D eigenvalue weighted by molar-refractivity contribution is 5.87. The zero-order chi connectivity index (χ0) is 10.4. The smallest absolute Gasteiger partial charge is 0.330 e. The van der Waals surface area contributed by atoms with Gasteiger partial charge in [-0.05, 0) is 23.6 Å². The maximum atomic E-state index is 10.9. The van der Waals surface area contributed by atoms with Gasteiger partial charge in [0, 0.05) is 6.08 Å². The molecule has 0 N–H and O–H groups in total. The molecule has 0 saturated carbocycles. The number of rotatable bonds is 3. The summed E-state index contributed by atoms with van der Waals surface area (Å²) in [4.78, 5) is 10.9. The predicted molar refractivity (Wildman–Crippen MR) is 56.9 cm³/mol. The van der Waals surface area contributed by atoms with E-state index < -0.39 is 0 Å². The van der Waals surface area contributed by atoms with Crippen LogP contribution in [0.1, 0.15) is 18.1 Å². The number of carbonyl (C=O) groups excluding carboxylic acids is 1. The van der Waals surface area contributed by atoms with Crippen molar-refractivity contribution in [3.63, 3.8) is 0 Å². The van der Waals surface area contributed by atoms with Crippen molar-refractivity contribution in [1.29, 1.82) is 0 Å². The first-order chi connectivity index (χ1) is 6.77. The maximum absolute atomic E-state index is 10.9. The number of aryl methyl sites for hydroxylation is 1. The van der Waals surface area contributed by atoms with Gasteiger partial charge in [0.25, 0.3) is 0 Å². The molecule has 0 aliphatic rings. The molecule has 0 radical (unpaired) electrons.